The lowest BCUT2D eigenvalue weighted by molar-refractivity contribution is 0.162. The Kier molecular flexibility index (Phi) is 31.8. The van der Waals surface area contributed by atoms with Crippen molar-refractivity contribution >= 4 is 7.54 Å². The minimum Gasteiger partial charge on any atom is -0.382 e. The molecule has 0 aliphatic rings. The fourth-order valence-corrected chi connectivity index (χ4v) is 0.408. The van der Waals surface area contributed by atoms with Crippen molar-refractivity contribution in [2.75, 3.05) is 26.4 Å². The molecule has 0 saturated carbocycles. The first-order valence-corrected chi connectivity index (χ1v) is 4.64. The quantitative estimate of drug-likeness (QED) is 0.672. The average molecular weight is 216 g/mol. The van der Waals surface area contributed by atoms with Gasteiger partial charge in [-0.25, -0.2) is 0 Å². The van der Waals surface area contributed by atoms with Gasteiger partial charge in [0.1, 0.15) is 0 Å². The van der Waals surface area contributed by atoms with E-state index in [9.17, 15) is 12.9 Å². The fraction of sp³-hybridized carbons (Fsp3) is 1.00. The Hall–Kier alpha value is -0.225. The zero-order chi connectivity index (χ0) is 11.8. The fourth-order valence-electron chi connectivity index (χ4n) is 0.408. The Morgan fingerprint density at radius 2 is 0.857 bits per heavy atom. The van der Waals surface area contributed by atoms with Crippen molar-refractivity contribution in [3.05, 3.63) is 0 Å². The average Bonchev–Trinajstić information content (AvgIpc) is 2.07. The second kappa shape index (κ2) is 23.0. The maximum atomic E-state index is 9.67. The summed E-state index contributed by atoms with van der Waals surface area (Å²) >= 11 is 0. The van der Waals surface area contributed by atoms with Gasteiger partial charge in [0.05, 0.1) is 0 Å². The van der Waals surface area contributed by atoms with E-state index in [1.165, 1.54) is 0 Å². The van der Waals surface area contributed by atoms with E-state index in [0.29, 0.717) is 0 Å². The zero-order valence-electron chi connectivity index (χ0n) is 9.36. The van der Waals surface area contributed by atoms with Crippen molar-refractivity contribution in [2.24, 2.45) is 0 Å². The summed E-state index contributed by atoms with van der Waals surface area (Å²) in [5.74, 6) is 0. The maximum Gasteiger partial charge on any atom is 0.762 e. The van der Waals surface area contributed by atoms with Crippen molar-refractivity contribution < 1.29 is 22.4 Å². The van der Waals surface area contributed by atoms with Gasteiger partial charge >= 0.3 is 7.54 Å². The first kappa shape index (κ1) is 19.4. The molecule has 0 atom stereocenters. The topological polar surface area (TPSA) is 18.5 Å². The molecule has 0 aliphatic heterocycles. The van der Waals surface area contributed by atoms with Gasteiger partial charge in [-0.15, -0.1) is 0 Å². The minimum atomic E-state index is -3.67. The Bertz CT molecular complexity index is 64.9. The van der Waals surface area contributed by atoms with E-state index in [2.05, 4.69) is 0 Å². The van der Waals surface area contributed by atoms with Gasteiger partial charge in [-0.3, -0.25) is 12.9 Å². The molecule has 88 valence electrons. The van der Waals surface area contributed by atoms with Crippen LogP contribution in [0.15, 0.2) is 0 Å². The van der Waals surface area contributed by atoms with Gasteiger partial charge in [0.15, 0.2) is 0 Å². The first-order chi connectivity index (χ1) is 6.56. The van der Waals surface area contributed by atoms with Crippen molar-refractivity contribution in [1.82, 2.24) is 0 Å². The van der Waals surface area contributed by atoms with Crippen LogP contribution in [0.3, 0.4) is 0 Å². The third kappa shape index (κ3) is 95.9. The molecule has 0 unspecified atom stereocenters. The highest BCUT2D eigenvalue weighted by atomic mass is 19.4. The molecule has 6 heteroatoms. The Balaban J connectivity index is -0.000000131. The molecule has 0 spiro atoms. The Labute approximate surface area is 85.0 Å². The van der Waals surface area contributed by atoms with E-state index in [0.717, 1.165) is 26.4 Å². The van der Waals surface area contributed by atoms with Crippen LogP contribution in [0.2, 0.25) is 0 Å². The Morgan fingerprint density at radius 1 is 0.714 bits per heavy atom. The first-order valence-electron chi connectivity index (χ1n) is 4.64. The summed E-state index contributed by atoms with van der Waals surface area (Å²) in [6, 6.07) is 0. The van der Waals surface area contributed by atoms with E-state index in [1.807, 2.05) is 27.7 Å². The molecule has 0 heterocycles. The van der Waals surface area contributed by atoms with Gasteiger partial charge in [-0.1, -0.05) is 0 Å². The van der Waals surface area contributed by atoms with E-state index in [-0.39, 0.29) is 0 Å². The second-order valence-corrected chi connectivity index (χ2v) is 1.81. The minimum absolute atomic E-state index is 0.844. The SMILES string of the molecule is CCOCC.CCOCC.FB(F)F. The van der Waals surface area contributed by atoms with E-state index in [1.54, 1.807) is 0 Å². The monoisotopic (exact) mass is 216 g/mol. The van der Waals surface area contributed by atoms with Gasteiger partial charge in [-0.2, -0.15) is 0 Å². The summed E-state index contributed by atoms with van der Waals surface area (Å²) in [6.45, 7) is 11.3. The largest absolute Gasteiger partial charge is 0.762 e. The summed E-state index contributed by atoms with van der Waals surface area (Å²) < 4.78 is 38.7. The normalized spacial score (nSPS) is 7.93. The predicted molar refractivity (Wildman–Crippen MR) is 53.4 cm³/mol. The smallest absolute Gasteiger partial charge is 0.382 e. The van der Waals surface area contributed by atoms with Gasteiger partial charge in [0, 0.05) is 26.4 Å². The van der Waals surface area contributed by atoms with Crippen LogP contribution in [-0.2, 0) is 9.47 Å². The third-order valence-corrected chi connectivity index (χ3v) is 0.816. The molecule has 0 aliphatic carbocycles. The summed E-state index contributed by atoms with van der Waals surface area (Å²) in [6.07, 6.45) is 0. The van der Waals surface area contributed by atoms with Crippen LogP contribution in [-0.4, -0.2) is 34.0 Å². The molecule has 0 aromatic carbocycles. The van der Waals surface area contributed by atoms with Crippen LogP contribution in [0.4, 0.5) is 12.9 Å². The molecule has 0 N–H and O–H groups in total. The third-order valence-electron chi connectivity index (χ3n) is 0.816. The van der Waals surface area contributed by atoms with Crippen molar-refractivity contribution in [1.29, 1.82) is 0 Å². The van der Waals surface area contributed by atoms with E-state index in [4.69, 9.17) is 9.47 Å². The van der Waals surface area contributed by atoms with Crippen molar-refractivity contribution in [3.8, 4) is 0 Å². The molecular weight excluding hydrogens is 196 g/mol. The van der Waals surface area contributed by atoms with Crippen LogP contribution in [0.25, 0.3) is 0 Å². The number of rotatable bonds is 4. The number of ether oxygens (including phenoxy) is 2. The molecule has 14 heavy (non-hydrogen) atoms. The summed E-state index contributed by atoms with van der Waals surface area (Å²) in [4.78, 5) is 0. The molecule has 0 amide bonds. The lowest BCUT2D eigenvalue weighted by Crippen LogP contribution is -1.84. The molecule has 0 aromatic heterocycles. The van der Waals surface area contributed by atoms with E-state index < -0.39 is 7.54 Å². The highest BCUT2D eigenvalue weighted by Gasteiger charge is 2.06. The van der Waals surface area contributed by atoms with E-state index >= 15 is 0 Å². The van der Waals surface area contributed by atoms with Gasteiger partial charge in [-0.05, 0) is 27.7 Å². The van der Waals surface area contributed by atoms with Crippen molar-refractivity contribution in [3.63, 3.8) is 0 Å². The van der Waals surface area contributed by atoms with Crippen LogP contribution in [0.1, 0.15) is 27.7 Å². The van der Waals surface area contributed by atoms with Gasteiger partial charge < -0.3 is 9.47 Å². The predicted octanol–water partition coefficient (Wildman–Crippen LogP) is 2.97. The zero-order valence-corrected chi connectivity index (χ0v) is 9.36. The van der Waals surface area contributed by atoms with Crippen molar-refractivity contribution in [2.45, 2.75) is 27.7 Å². The molecule has 2 nitrogen and oxygen atoms in total. The van der Waals surface area contributed by atoms with Gasteiger partial charge in [0.25, 0.3) is 0 Å². The molecule has 0 rings (SSSR count). The number of halogens is 3. The number of hydrogen-bond acceptors (Lipinski definition) is 2. The van der Waals surface area contributed by atoms with Gasteiger partial charge in [0.2, 0.25) is 0 Å². The highest BCUT2D eigenvalue weighted by Crippen LogP contribution is 1.80. The molecule has 0 radical (unpaired) electrons. The van der Waals surface area contributed by atoms with Crippen LogP contribution in [0, 0.1) is 0 Å². The highest BCUT2D eigenvalue weighted by molar-refractivity contribution is 6.33. The maximum absolute atomic E-state index is 9.67. The summed E-state index contributed by atoms with van der Waals surface area (Å²) in [5, 5.41) is 0. The van der Waals surface area contributed by atoms with Crippen LogP contribution in [0.5, 0.6) is 0 Å². The van der Waals surface area contributed by atoms with Crippen LogP contribution < -0.4 is 0 Å². The Morgan fingerprint density at radius 3 is 0.857 bits per heavy atom. The standard InChI is InChI=1S/2C4H10O.BF3/c2*1-3-5-4-2;2-1(3)4/h2*3-4H2,1-2H3;. The lowest BCUT2D eigenvalue weighted by atomic mass is 10.5. The molecule has 0 bridgehead atoms. The summed E-state index contributed by atoms with van der Waals surface area (Å²) in [5.41, 5.74) is 0. The molecule has 0 saturated heterocycles. The second-order valence-electron chi connectivity index (χ2n) is 1.81. The molecule has 0 fully saturated rings. The molecular formula is C8H20BF3O2. The summed E-state index contributed by atoms with van der Waals surface area (Å²) in [7, 11) is -3.67. The number of hydrogen-bond donors (Lipinski definition) is 0. The molecule has 0 aromatic rings. The van der Waals surface area contributed by atoms with Crippen LogP contribution >= 0.6 is 0 Å². The lowest BCUT2D eigenvalue weighted by Gasteiger charge is -1.86.